The fourth-order valence-electron chi connectivity index (χ4n) is 2.14. The predicted molar refractivity (Wildman–Crippen MR) is 92.5 cm³/mol. The predicted octanol–water partition coefficient (Wildman–Crippen LogP) is 4.32. The maximum Gasteiger partial charge on any atom is 0.407 e. The number of carbonyl (C=O) groups excluding carboxylic acids is 1. The van der Waals surface area contributed by atoms with Crippen molar-refractivity contribution in [3.63, 3.8) is 0 Å². The van der Waals surface area contributed by atoms with Crippen LogP contribution in [0.3, 0.4) is 0 Å². The highest BCUT2D eigenvalue weighted by molar-refractivity contribution is 7.15. The zero-order valence-corrected chi connectivity index (χ0v) is 14.2. The van der Waals surface area contributed by atoms with Gasteiger partial charge in [-0.3, -0.25) is 0 Å². The lowest BCUT2D eigenvalue weighted by atomic mass is 10.2. The second kappa shape index (κ2) is 6.04. The number of carbonyl (C=O) groups is 1. The number of alkyl carbamates (subject to hydrolysis) is 1. The third kappa shape index (κ3) is 3.90. The number of ether oxygens (including phenoxy) is 1. The molecule has 1 aromatic carbocycles. The lowest BCUT2D eigenvalue weighted by molar-refractivity contribution is 0.0524. The third-order valence-electron chi connectivity index (χ3n) is 3.09. The molecule has 2 heterocycles. The molecule has 0 unspecified atom stereocenters. The van der Waals surface area contributed by atoms with E-state index in [1.165, 1.54) is 0 Å². The molecule has 3 rings (SSSR count). The number of para-hydroxylation sites is 2. The maximum atomic E-state index is 11.7. The van der Waals surface area contributed by atoms with E-state index in [0.717, 1.165) is 26.6 Å². The number of thiophene rings is 1. The van der Waals surface area contributed by atoms with E-state index in [2.05, 4.69) is 15.3 Å². The summed E-state index contributed by atoms with van der Waals surface area (Å²) in [5.74, 6) is 0.847. The number of aromatic nitrogens is 2. The van der Waals surface area contributed by atoms with E-state index in [1.54, 1.807) is 11.3 Å². The molecule has 0 spiro atoms. The first-order valence-electron chi connectivity index (χ1n) is 7.41. The Morgan fingerprint density at radius 3 is 2.78 bits per heavy atom. The molecule has 23 heavy (non-hydrogen) atoms. The zero-order chi connectivity index (χ0) is 16.4. The normalized spacial score (nSPS) is 11.6. The van der Waals surface area contributed by atoms with E-state index in [1.807, 2.05) is 57.2 Å². The molecule has 0 fully saturated rings. The molecule has 0 aliphatic rings. The summed E-state index contributed by atoms with van der Waals surface area (Å²) in [6.07, 6.45) is -0.406. The van der Waals surface area contributed by atoms with Crippen LogP contribution in [0.2, 0.25) is 0 Å². The van der Waals surface area contributed by atoms with Crippen LogP contribution in [0, 0.1) is 0 Å². The van der Waals surface area contributed by atoms with Gasteiger partial charge in [0.2, 0.25) is 0 Å². The fraction of sp³-hybridized carbons (Fsp3) is 0.294. The van der Waals surface area contributed by atoms with Crippen LogP contribution in [0.15, 0.2) is 36.4 Å². The minimum Gasteiger partial charge on any atom is -0.444 e. The molecular weight excluding hydrogens is 310 g/mol. The molecule has 2 N–H and O–H groups in total. The molecule has 0 saturated heterocycles. The van der Waals surface area contributed by atoms with Gasteiger partial charge in [0, 0.05) is 4.88 Å². The number of amides is 1. The molecule has 2 aromatic heterocycles. The van der Waals surface area contributed by atoms with Crippen LogP contribution < -0.4 is 5.32 Å². The average Bonchev–Trinajstić information content (AvgIpc) is 3.09. The van der Waals surface area contributed by atoms with E-state index in [4.69, 9.17) is 4.74 Å². The summed E-state index contributed by atoms with van der Waals surface area (Å²) in [5.41, 5.74) is 1.48. The lowest BCUT2D eigenvalue weighted by Gasteiger charge is -2.19. The summed E-state index contributed by atoms with van der Waals surface area (Å²) in [7, 11) is 0. The molecule has 3 aromatic rings. The van der Waals surface area contributed by atoms with Gasteiger partial charge in [-0.2, -0.15) is 0 Å². The van der Waals surface area contributed by atoms with Crippen molar-refractivity contribution in [3.8, 4) is 10.7 Å². The molecule has 0 radical (unpaired) electrons. The second-order valence-electron chi connectivity index (χ2n) is 6.22. The Balaban J connectivity index is 1.67. The first-order chi connectivity index (χ1) is 10.9. The number of H-pyrrole nitrogens is 1. The van der Waals surface area contributed by atoms with Crippen LogP contribution in [-0.2, 0) is 11.3 Å². The fourth-order valence-corrected chi connectivity index (χ4v) is 3.04. The Bertz CT molecular complexity index is 797. The van der Waals surface area contributed by atoms with Gasteiger partial charge in [0.05, 0.1) is 22.5 Å². The van der Waals surface area contributed by atoms with Gasteiger partial charge in [-0.15, -0.1) is 11.3 Å². The largest absolute Gasteiger partial charge is 0.444 e. The van der Waals surface area contributed by atoms with E-state index in [-0.39, 0.29) is 0 Å². The minimum atomic E-state index is -0.487. The summed E-state index contributed by atoms with van der Waals surface area (Å²) in [6.45, 7) is 5.98. The van der Waals surface area contributed by atoms with Crippen molar-refractivity contribution < 1.29 is 9.53 Å². The van der Waals surface area contributed by atoms with Gasteiger partial charge in [-0.05, 0) is 45.0 Å². The van der Waals surface area contributed by atoms with Crippen LogP contribution in [-0.4, -0.2) is 21.7 Å². The summed E-state index contributed by atoms with van der Waals surface area (Å²) in [4.78, 5) is 21.7. The van der Waals surface area contributed by atoms with Gasteiger partial charge >= 0.3 is 6.09 Å². The lowest BCUT2D eigenvalue weighted by Crippen LogP contribution is -2.31. The summed E-state index contributed by atoms with van der Waals surface area (Å²) >= 11 is 1.60. The van der Waals surface area contributed by atoms with Crippen molar-refractivity contribution in [1.82, 2.24) is 15.3 Å². The van der Waals surface area contributed by atoms with Crippen molar-refractivity contribution in [1.29, 1.82) is 0 Å². The number of hydrogen-bond acceptors (Lipinski definition) is 4. The first kappa shape index (κ1) is 15.6. The zero-order valence-electron chi connectivity index (χ0n) is 13.3. The Hall–Kier alpha value is -2.34. The second-order valence-corrected chi connectivity index (χ2v) is 7.39. The highest BCUT2D eigenvalue weighted by Crippen LogP contribution is 2.27. The van der Waals surface area contributed by atoms with Crippen molar-refractivity contribution in [3.05, 3.63) is 41.3 Å². The Morgan fingerprint density at radius 2 is 2.04 bits per heavy atom. The summed E-state index contributed by atoms with van der Waals surface area (Å²) in [6, 6.07) is 11.9. The average molecular weight is 329 g/mol. The Labute approximate surface area is 138 Å². The van der Waals surface area contributed by atoms with E-state index in [9.17, 15) is 4.79 Å². The van der Waals surface area contributed by atoms with Crippen LogP contribution in [0.1, 0.15) is 25.6 Å². The topological polar surface area (TPSA) is 67.0 Å². The highest BCUT2D eigenvalue weighted by Gasteiger charge is 2.16. The summed E-state index contributed by atoms with van der Waals surface area (Å²) in [5, 5.41) is 2.77. The monoisotopic (exact) mass is 329 g/mol. The van der Waals surface area contributed by atoms with Gasteiger partial charge in [-0.1, -0.05) is 12.1 Å². The standard InChI is InChI=1S/C17H19N3O2S/c1-17(2,3)22-16(21)18-10-11-8-9-14(23-11)15-19-12-6-4-5-7-13(12)20-15/h4-9H,10H2,1-3H3,(H,18,21)(H,19,20). The van der Waals surface area contributed by atoms with Crippen molar-refractivity contribution in [2.45, 2.75) is 32.9 Å². The van der Waals surface area contributed by atoms with Crippen molar-refractivity contribution >= 4 is 28.5 Å². The van der Waals surface area contributed by atoms with Crippen molar-refractivity contribution in [2.75, 3.05) is 0 Å². The summed E-state index contributed by atoms with van der Waals surface area (Å²) < 4.78 is 5.23. The van der Waals surface area contributed by atoms with Crippen LogP contribution in [0.25, 0.3) is 21.7 Å². The maximum absolute atomic E-state index is 11.7. The molecule has 0 atom stereocenters. The molecule has 6 heteroatoms. The molecular formula is C17H19N3O2S. The first-order valence-corrected chi connectivity index (χ1v) is 8.23. The van der Waals surface area contributed by atoms with Gasteiger partial charge in [0.15, 0.2) is 0 Å². The van der Waals surface area contributed by atoms with Gasteiger partial charge in [0.25, 0.3) is 0 Å². The third-order valence-corrected chi connectivity index (χ3v) is 4.18. The minimum absolute atomic E-state index is 0.406. The Kier molecular flexibility index (Phi) is 4.09. The molecule has 0 aliphatic carbocycles. The van der Waals surface area contributed by atoms with E-state index in [0.29, 0.717) is 6.54 Å². The van der Waals surface area contributed by atoms with Crippen LogP contribution in [0.4, 0.5) is 4.79 Å². The number of imidazole rings is 1. The number of hydrogen-bond donors (Lipinski definition) is 2. The molecule has 0 saturated carbocycles. The number of aromatic amines is 1. The number of fused-ring (bicyclic) bond motifs is 1. The SMILES string of the molecule is CC(C)(C)OC(=O)NCc1ccc(-c2nc3ccccc3[nH]2)s1. The Morgan fingerprint density at radius 1 is 1.26 bits per heavy atom. The molecule has 120 valence electrons. The van der Waals surface area contributed by atoms with Crippen LogP contribution in [0.5, 0.6) is 0 Å². The van der Waals surface area contributed by atoms with Gasteiger partial charge < -0.3 is 15.0 Å². The number of nitrogens with zero attached hydrogens (tertiary/aromatic N) is 1. The number of benzene rings is 1. The number of rotatable bonds is 3. The van der Waals surface area contributed by atoms with Crippen LogP contribution >= 0.6 is 11.3 Å². The van der Waals surface area contributed by atoms with E-state index >= 15 is 0 Å². The smallest absolute Gasteiger partial charge is 0.407 e. The van der Waals surface area contributed by atoms with Gasteiger partial charge in [0.1, 0.15) is 11.4 Å². The molecule has 0 bridgehead atoms. The quantitative estimate of drug-likeness (QED) is 0.752. The van der Waals surface area contributed by atoms with Crippen molar-refractivity contribution in [2.24, 2.45) is 0 Å². The highest BCUT2D eigenvalue weighted by atomic mass is 32.1. The van der Waals surface area contributed by atoms with E-state index < -0.39 is 11.7 Å². The van der Waals surface area contributed by atoms with Gasteiger partial charge in [-0.25, -0.2) is 9.78 Å². The molecule has 5 nitrogen and oxygen atoms in total. The molecule has 1 amide bonds. The number of nitrogens with one attached hydrogen (secondary N) is 2. The molecule has 0 aliphatic heterocycles.